The highest BCUT2D eigenvalue weighted by Crippen LogP contribution is 2.14. The first-order chi connectivity index (χ1) is 10.1. The molecule has 0 radical (unpaired) electrons. The molecule has 0 aromatic heterocycles. The van der Waals surface area contributed by atoms with Crippen LogP contribution in [0.3, 0.4) is 0 Å². The molecule has 0 fully saturated rings. The van der Waals surface area contributed by atoms with Crippen molar-refractivity contribution in [2.45, 2.75) is 32.7 Å². The molecule has 0 aliphatic heterocycles. The van der Waals surface area contributed by atoms with Crippen molar-refractivity contribution < 1.29 is 4.79 Å². The predicted molar refractivity (Wildman–Crippen MR) is 87.3 cm³/mol. The van der Waals surface area contributed by atoms with Gasteiger partial charge in [0.1, 0.15) is 0 Å². The summed E-state index contributed by atoms with van der Waals surface area (Å²) >= 11 is 0. The molecule has 3 heteroatoms. The van der Waals surface area contributed by atoms with E-state index in [4.69, 9.17) is 5.73 Å². The molecule has 1 atom stereocenters. The van der Waals surface area contributed by atoms with Gasteiger partial charge in [0.2, 0.25) is 5.91 Å². The van der Waals surface area contributed by atoms with Gasteiger partial charge in [-0.05, 0) is 55.5 Å². The van der Waals surface area contributed by atoms with E-state index in [1.165, 1.54) is 11.1 Å². The monoisotopic (exact) mass is 282 g/mol. The maximum absolute atomic E-state index is 12.1. The molecule has 21 heavy (non-hydrogen) atoms. The number of nitrogens with two attached hydrogens (primary N) is 1. The Kier molecular flexibility index (Phi) is 5.12. The van der Waals surface area contributed by atoms with Crippen molar-refractivity contribution in [3.05, 3.63) is 65.2 Å². The zero-order valence-corrected chi connectivity index (χ0v) is 12.6. The van der Waals surface area contributed by atoms with Gasteiger partial charge in [-0.3, -0.25) is 4.79 Å². The molecule has 3 N–H and O–H groups in total. The second kappa shape index (κ2) is 7.04. The number of rotatable bonds is 5. The highest BCUT2D eigenvalue weighted by molar-refractivity contribution is 5.94. The molecule has 0 aliphatic rings. The summed E-state index contributed by atoms with van der Waals surface area (Å²) in [6.07, 6.45) is 1.45. The van der Waals surface area contributed by atoms with Crippen LogP contribution in [0.15, 0.2) is 48.5 Å². The zero-order valence-electron chi connectivity index (χ0n) is 12.6. The van der Waals surface area contributed by atoms with Gasteiger partial charge in [-0.2, -0.15) is 0 Å². The van der Waals surface area contributed by atoms with Crippen LogP contribution in [0.4, 0.5) is 5.69 Å². The molecular weight excluding hydrogens is 260 g/mol. The predicted octanol–water partition coefficient (Wildman–Crippen LogP) is 3.20. The number of anilines is 1. The fraction of sp³-hybridized carbons (Fsp3) is 0.278. The zero-order chi connectivity index (χ0) is 15.2. The molecular formula is C18H22N2O. The Morgan fingerprint density at radius 3 is 2.48 bits per heavy atom. The molecule has 0 saturated heterocycles. The van der Waals surface area contributed by atoms with Crippen molar-refractivity contribution in [3.8, 4) is 0 Å². The fourth-order valence-corrected chi connectivity index (χ4v) is 2.15. The van der Waals surface area contributed by atoms with Crippen LogP contribution in [0, 0.1) is 13.8 Å². The minimum Gasteiger partial charge on any atom is -0.325 e. The van der Waals surface area contributed by atoms with Gasteiger partial charge in [-0.15, -0.1) is 0 Å². The molecule has 2 aromatic rings. The molecule has 1 amide bonds. The van der Waals surface area contributed by atoms with E-state index in [-0.39, 0.29) is 5.91 Å². The van der Waals surface area contributed by atoms with Gasteiger partial charge in [0.15, 0.2) is 0 Å². The molecule has 0 heterocycles. The number of amides is 1. The molecule has 110 valence electrons. The second-order valence-electron chi connectivity index (χ2n) is 5.42. The molecule has 2 aromatic carbocycles. The van der Waals surface area contributed by atoms with Crippen LogP contribution < -0.4 is 11.1 Å². The SMILES string of the molecule is Cc1ccc(NC(=O)[C@H](N)CCc2ccccc2)cc1C. The number of carbonyl (C=O) groups excluding carboxylic acids is 1. The Morgan fingerprint density at radius 2 is 1.81 bits per heavy atom. The minimum absolute atomic E-state index is 0.130. The van der Waals surface area contributed by atoms with E-state index < -0.39 is 6.04 Å². The second-order valence-corrected chi connectivity index (χ2v) is 5.42. The summed E-state index contributed by atoms with van der Waals surface area (Å²) in [6, 6.07) is 15.5. The molecule has 0 unspecified atom stereocenters. The average Bonchev–Trinajstić information content (AvgIpc) is 2.49. The standard InChI is InChI=1S/C18H22N2O/c1-13-8-10-16(12-14(13)2)20-18(21)17(19)11-9-15-6-4-3-5-7-15/h3-8,10,12,17H,9,11,19H2,1-2H3,(H,20,21)/t17-/m1/s1. The van der Waals surface area contributed by atoms with Gasteiger partial charge in [0.25, 0.3) is 0 Å². The average molecular weight is 282 g/mol. The lowest BCUT2D eigenvalue weighted by atomic mass is 10.0. The first-order valence-electron chi connectivity index (χ1n) is 7.24. The van der Waals surface area contributed by atoms with E-state index in [9.17, 15) is 4.79 Å². The van der Waals surface area contributed by atoms with E-state index in [1.807, 2.05) is 62.4 Å². The van der Waals surface area contributed by atoms with Crippen LogP contribution in [0.5, 0.6) is 0 Å². The molecule has 0 spiro atoms. The molecule has 2 rings (SSSR count). The van der Waals surface area contributed by atoms with Gasteiger partial charge >= 0.3 is 0 Å². The summed E-state index contributed by atoms with van der Waals surface area (Å²) in [4.78, 5) is 12.1. The maximum atomic E-state index is 12.1. The van der Waals surface area contributed by atoms with Crippen molar-refractivity contribution >= 4 is 11.6 Å². The maximum Gasteiger partial charge on any atom is 0.241 e. The van der Waals surface area contributed by atoms with Crippen molar-refractivity contribution in [1.29, 1.82) is 0 Å². The van der Waals surface area contributed by atoms with Gasteiger partial charge in [0, 0.05) is 5.69 Å². The molecule has 3 nitrogen and oxygen atoms in total. The number of aryl methyl sites for hydroxylation is 3. The van der Waals surface area contributed by atoms with Crippen LogP contribution in [0.25, 0.3) is 0 Å². The van der Waals surface area contributed by atoms with E-state index in [2.05, 4.69) is 5.32 Å². The van der Waals surface area contributed by atoms with Gasteiger partial charge < -0.3 is 11.1 Å². The quantitative estimate of drug-likeness (QED) is 0.884. The third-order valence-electron chi connectivity index (χ3n) is 3.70. The van der Waals surface area contributed by atoms with Crippen molar-refractivity contribution in [3.63, 3.8) is 0 Å². The number of nitrogens with one attached hydrogen (secondary N) is 1. The highest BCUT2D eigenvalue weighted by Gasteiger charge is 2.13. The summed E-state index contributed by atoms with van der Waals surface area (Å²) in [7, 11) is 0. The van der Waals surface area contributed by atoms with Crippen molar-refractivity contribution in [2.75, 3.05) is 5.32 Å². The van der Waals surface area contributed by atoms with E-state index in [0.29, 0.717) is 6.42 Å². The van der Waals surface area contributed by atoms with Crippen LogP contribution in [-0.2, 0) is 11.2 Å². The van der Waals surface area contributed by atoms with Gasteiger partial charge in [-0.25, -0.2) is 0 Å². The smallest absolute Gasteiger partial charge is 0.241 e. The lowest BCUT2D eigenvalue weighted by Crippen LogP contribution is -2.36. The first-order valence-corrected chi connectivity index (χ1v) is 7.24. The summed E-state index contributed by atoms with van der Waals surface area (Å²) in [6.45, 7) is 4.08. The Bertz CT molecular complexity index is 608. The third kappa shape index (κ3) is 4.43. The molecule has 0 saturated carbocycles. The van der Waals surface area contributed by atoms with Crippen LogP contribution in [-0.4, -0.2) is 11.9 Å². The molecule has 0 aliphatic carbocycles. The third-order valence-corrected chi connectivity index (χ3v) is 3.70. The van der Waals surface area contributed by atoms with Crippen LogP contribution in [0.2, 0.25) is 0 Å². The van der Waals surface area contributed by atoms with Crippen LogP contribution >= 0.6 is 0 Å². The Labute approximate surface area is 126 Å². The summed E-state index contributed by atoms with van der Waals surface area (Å²) < 4.78 is 0. The van der Waals surface area contributed by atoms with Crippen LogP contribution in [0.1, 0.15) is 23.1 Å². The number of hydrogen-bond donors (Lipinski definition) is 2. The topological polar surface area (TPSA) is 55.1 Å². The Hall–Kier alpha value is -2.13. The summed E-state index contributed by atoms with van der Waals surface area (Å²) in [5.74, 6) is -0.130. The number of hydrogen-bond acceptors (Lipinski definition) is 2. The lowest BCUT2D eigenvalue weighted by molar-refractivity contribution is -0.117. The van der Waals surface area contributed by atoms with Crippen molar-refractivity contribution in [1.82, 2.24) is 0 Å². The first kappa shape index (κ1) is 15.3. The fourth-order valence-electron chi connectivity index (χ4n) is 2.15. The summed E-state index contributed by atoms with van der Waals surface area (Å²) in [5.41, 5.74) is 10.3. The number of benzene rings is 2. The van der Waals surface area contributed by atoms with Gasteiger partial charge in [0.05, 0.1) is 6.04 Å². The normalized spacial score (nSPS) is 12.0. The highest BCUT2D eigenvalue weighted by atomic mass is 16.2. The van der Waals surface area contributed by atoms with Crippen molar-refractivity contribution in [2.24, 2.45) is 5.73 Å². The van der Waals surface area contributed by atoms with E-state index in [1.54, 1.807) is 0 Å². The lowest BCUT2D eigenvalue weighted by Gasteiger charge is -2.13. The van der Waals surface area contributed by atoms with E-state index in [0.717, 1.165) is 17.7 Å². The molecule has 0 bridgehead atoms. The minimum atomic E-state index is -0.494. The number of carbonyl (C=O) groups is 1. The summed E-state index contributed by atoms with van der Waals surface area (Å²) in [5, 5.41) is 2.88. The Morgan fingerprint density at radius 1 is 1.10 bits per heavy atom. The Balaban J connectivity index is 1.89. The van der Waals surface area contributed by atoms with Gasteiger partial charge in [-0.1, -0.05) is 36.4 Å². The largest absolute Gasteiger partial charge is 0.325 e. The van der Waals surface area contributed by atoms with E-state index >= 15 is 0 Å².